The molecule has 0 bridgehead atoms. The van der Waals surface area contributed by atoms with Crippen LogP contribution in [0.25, 0.3) is 0 Å². The van der Waals surface area contributed by atoms with Crippen LogP contribution < -0.4 is 15.5 Å². The van der Waals surface area contributed by atoms with Gasteiger partial charge in [-0.05, 0) is 56.4 Å². The molecule has 2 aliphatic rings. The van der Waals surface area contributed by atoms with Gasteiger partial charge in [-0.25, -0.2) is 0 Å². The van der Waals surface area contributed by atoms with E-state index in [9.17, 15) is 9.59 Å². The Morgan fingerprint density at radius 2 is 1.62 bits per heavy atom. The largest absolute Gasteiger partial charge is 0.372 e. The Bertz CT molecular complexity index is 517. The van der Waals surface area contributed by atoms with Crippen LogP contribution in [0.15, 0.2) is 24.3 Å². The summed E-state index contributed by atoms with van der Waals surface area (Å²) in [5.41, 5.74) is 1.84. The predicted octanol–water partition coefficient (Wildman–Crippen LogP) is 1.89. The van der Waals surface area contributed by atoms with Gasteiger partial charge in [-0.1, -0.05) is 0 Å². The van der Waals surface area contributed by atoms with Gasteiger partial charge in [-0.3, -0.25) is 9.59 Å². The lowest BCUT2D eigenvalue weighted by atomic mass is 10.1. The van der Waals surface area contributed by atoms with Gasteiger partial charge in [0.15, 0.2) is 0 Å². The molecule has 1 aromatic carbocycles. The Kier molecular flexibility index (Phi) is 4.08. The van der Waals surface area contributed by atoms with Gasteiger partial charge in [-0.2, -0.15) is 0 Å². The summed E-state index contributed by atoms with van der Waals surface area (Å²) in [7, 11) is 0. The van der Waals surface area contributed by atoms with E-state index in [0.29, 0.717) is 5.69 Å². The molecule has 2 N–H and O–H groups in total. The number of nitrogens with one attached hydrogen (secondary N) is 2. The number of piperidine rings is 1. The lowest BCUT2D eigenvalue weighted by Crippen LogP contribution is -2.36. The average molecular weight is 287 g/mol. The number of hydrogen-bond donors (Lipinski definition) is 2. The van der Waals surface area contributed by atoms with Gasteiger partial charge in [0.1, 0.15) is 0 Å². The highest BCUT2D eigenvalue weighted by atomic mass is 16.2. The van der Waals surface area contributed by atoms with Crippen LogP contribution in [-0.2, 0) is 9.59 Å². The average Bonchev–Trinajstić information content (AvgIpc) is 3.33. The second kappa shape index (κ2) is 6.16. The molecular weight excluding hydrogens is 266 g/mol. The van der Waals surface area contributed by atoms with E-state index in [1.165, 1.54) is 24.9 Å². The molecule has 1 saturated carbocycles. The van der Waals surface area contributed by atoms with Gasteiger partial charge < -0.3 is 15.5 Å². The normalized spacial score (nSPS) is 18.2. The number of carbonyl (C=O) groups is 2. The van der Waals surface area contributed by atoms with Gasteiger partial charge in [0.05, 0.1) is 0 Å². The monoisotopic (exact) mass is 287 g/mol. The molecule has 0 aromatic heterocycles. The van der Waals surface area contributed by atoms with E-state index in [1.807, 2.05) is 24.3 Å². The van der Waals surface area contributed by atoms with Crippen LogP contribution in [0.4, 0.5) is 11.4 Å². The first kappa shape index (κ1) is 13.9. The Hall–Kier alpha value is -2.04. The van der Waals surface area contributed by atoms with Crippen LogP contribution >= 0.6 is 0 Å². The van der Waals surface area contributed by atoms with Crippen molar-refractivity contribution >= 4 is 23.2 Å². The standard InChI is InChI=1S/C16H21N3O2/c20-15(17-12-4-5-12)16(21)18-13-6-8-14(9-7-13)19-10-2-1-3-11-19/h6-9,12H,1-5,10-11H2,(H,17,20)(H,18,21). The van der Waals surface area contributed by atoms with Crippen LogP contribution in [0.5, 0.6) is 0 Å². The maximum atomic E-state index is 11.7. The molecule has 5 heteroatoms. The molecule has 1 aromatic rings. The van der Waals surface area contributed by atoms with Crippen molar-refractivity contribution in [1.82, 2.24) is 5.32 Å². The van der Waals surface area contributed by atoms with Crippen LogP contribution in [0, 0.1) is 0 Å². The summed E-state index contributed by atoms with van der Waals surface area (Å²) in [4.78, 5) is 25.7. The van der Waals surface area contributed by atoms with E-state index >= 15 is 0 Å². The zero-order chi connectivity index (χ0) is 14.7. The highest BCUT2D eigenvalue weighted by Gasteiger charge is 2.26. The van der Waals surface area contributed by atoms with E-state index in [1.54, 1.807) is 0 Å². The lowest BCUT2D eigenvalue weighted by molar-refractivity contribution is -0.136. The number of nitrogens with zero attached hydrogens (tertiary/aromatic N) is 1. The van der Waals surface area contributed by atoms with Crippen LogP contribution in [0.3, 0.4) is 0 Å². The van der Waals surface area contributed by atoms with Gasteiger partial charge in [0.25, 0.3) is 0 Å². The molecule has 1 aliphatic heterocycles. The van der Waals surface area contributed by atoms with Crippen molar-refractivity contribution in [1.29, 1.82) is 0 Å². The minimum Gasteiger partial charge on any atom is -0.372 e. The summed E-state index contributed by atoms with van der Waals surface area (Å²) in [5.74, 6) is -1.13. The van der Waals surface area contributed by atoms with Gasteiger partial charge in [0.2, 0.25) is 0 Å². The van der Waals surface area contributed by atoms with Crippen molar-refractivity contribution < 1.29 is 9.59 Å². The molecule has 1 saturated heterocycles. The van der Waals surface area contributed by atoms with Gasteiger partial charge >= 0.3 is 11.8 Å². The number of anilines is 2. The first-order chi connectivity index (χ1) is 10.2. The van der Waals surface area contributed by atoms with Crippen molar-refractivity contribution in [3.63, 3.8) is 0 Å². The SMILES string of the molecule is O=C(Nc1ccc(N2CCCCC2)cc1)C(=O)NC1CC1. The van der Waals surface area contributed by atoms with Crippen molar-refractivity contribution in [2.45, 2.75) is 38.1 Å². The summed E-state index contributed by atoms with van der Waals surface area (Å²) >= 11 is 0. The highest BCUT2D eigenvalue weighted by Crippen LogP contribution is 2.22. The van der Waals surface area contributed by atoms with E-state index < -0.39 is 11.8 Å². The Labute approximate surface area is 124 Å². The minimum atomic E-state index is -0.590. The highest BCUT2D eigenvalue weighted by molar-refractivity contribution is 6.39. The Morgan fingerprint density at radius 3 is 2.24 bits per heavy atom. The van der Waals surface area contributed by atoms with Crippen LogP contribution in [0.2, 0.25) is 0 Å². The van der Waals surface area contributed by atoms with Crippen LogP contribution in [-0.4, -0.2) is 30.9 Å². The van der Waals surface area contributed by atoms with E-state index in [-0.39, 0.29) is 6.04 Å². The summed E-state index contributed by atoms with van der Waals surface area (Å²) < 4.78 is 0. The molecular formula is C16H21N3O2. The molecule has 5 nitrogen and oxygen atoms in total. The van der Waals surface area contributed by atoms with Crippen molar-refractivity contribution in [2.75, 3.05) is 23.3 Å². The van der Waals surface area contributed by atoms with E-state index in [4.69, 9.17) is 0 Å². The first-order valence-electron chi connectivity index (χ1n) is 7.69. The second-order valence-electron chi connectivity index (χ2n) is 5.80. The first-order valence-corrected chi connectivity index (χ1v) is 7.69. The third-order valence-electron chi connectivity index (χ3n) is 3.97. The molecule has 21 heavy (non-hydrogen) atoms. The zero-order valence-electron chi connectivity index (χ0n) is 12.1. The smallest absolute Gasteiger partial charge is 0.313 e. The fourth-order valence-electron chi connectivity index (χ4n) is 2.57. The fraction of sp³-hybridized carbons (Fsp3) is 0.500. The second-order valence-corrected chi connectivity index (χ2v) is 5.80. The molecule has 0 radical (unpaired) electrons. The number of amides is 2. The lowest BCUT2D eigenvalue weighted by Gasteiger charge is -2.28. The van der Waals surface area contributed by atoms with Crippen molar-refractivity contribution in [2.24, 2.45) is 0 Å². The quantitative estimate of drug-likeness (QED) is 0.835. The fourth-order valence-corrected chi connectivity index (χ4v) is 2.57. The maximum Gasteiger partial charge on any atom is 0.313 e. The molecule has 0 atom stereocenters. The predicted molar refractivity (Wildman–Crippen MR) is 82.3 cm³/mol. The van der Waals surface area contributed by atoms with Gasteiger partial charge in [-0.15, -0.1) is 0 Å². The molecule has 1 heterocycles. The molecule has 0 unspecified atom stereocenters. The number of rotatable bonds is 3. The molecule has 3 rings (SSSR count). The maximum absolute atomic E-state index is 11.7. The molecule has 1 aliphatic carbocycles. The summed E-state index contributed by atoms with van der Waals surface area (Å²) in [6.07, 6.45) is 5.73. The third kappa shape index (κ3) is 3.74. The number of carbonyl (C=O) groups excluding carboxylic acids is 2. The molecule has 2 fully saturated rings. The van der Waals surface area contributed by atoms with E-state index in [0.717, 1.165) is 25.9 Å². The summed E-state index contributed by atoms with van der Waals surface area (Å²) in [6.45, 7) is 2.19. The number of hydrogen-bond acceptors (Lipinski definition) is 3. The Morgan fingerprint density at radius 1 is 0.952 bits per heavy atom. The van der Waals surface area contributed by atoms with Crippen molar-refractivity contribution in [3.8, 4) is 0 Å². The zero-order valence-corrected chi connectivity index (χ0v) is 12.1. The van der Waals surface area contributed by atoms with Crippen LogP contribution in [0.1, 0.15) is 32.1 Å². The van der Waals surface area contributed by atoms with Crippen molar-refractivity contribution in [3.05, 3.63) is 24.3 Å². The topological polar surface area (TPSA) is 61.4 Å². The number of benzene rings is 1. The third-order valence-corrected chi connectivity index (χ3v) is 3.97. The molecule has 112 valence electrons. The van der Waals surface area contributed by atoms with E-state index in [2.05, 4.69) is 15.5 Å². The Balaban J connectivity index is 1.55. The van der Waals surface area contributed by atoms with Gasteiger partial charge in [0, 0.05) is 30.5 Å². The minimum absolute atomic E-state index is 0.199. The summed E-state index contributed by atoms with van der Waals surface area (Å²) in [5, 5.41) is 5.31. The summed E-state index contributed by atoms with van der Waals surface area (Å²) in [6, 6.07) is 7.91. The molecule has 2 amide bonds. The molecule has 0 spiro atoms.